The number of rotatable bonds is 5. The van der Waals surface area contributed by atoms with Gasteiger partial charge in [-0.05, 0) is 43.1 Å². The lowest BCUT2D eigenvalue weighted by Crippen LogP contribution is -2.48. The van der Waals surface area contributed by atoms with Crippen LogP contribution in [-0.2, 0) is 0 Å². The molecule has 0 bridgehead atoms. The van der Waals surface area contributed by atoms with E-state index in [1.54, 1.807) is 12.1 Å². The molecule has 1 saturated heterocycles. The van der Waals surface area contributed by atoms with Gasteiger partial charge < -0.3 is 15.0 Å². The Hall–Kier alpha value is -1.36. The van der Waals surface area contributed by atoms with Crippen molar-refractivity contribution in [2.24, 2.45) is 5.92 Å². The van der Waals surface area contributed by atoms with Crippen molar-refractivity contribution >= 4 is 5.69 Å². The third kappa shape index (κ3) is 3.82. The van der Waals surface area contributed by atoms with Gasteiger partial charge in [-0.3, -0.25) is 0 Å². The molecule has 20 heavy (non-hydrogen) atoms. The van der Waals surface area contributed by atoms with Gasteiger partial charge in [-0.1, -0.05) is 13.8 Å². The van der Waals surface area contributed by atoms with Crippen molar-refractivity contribution in [2.75, 3.05) is 24.5 Å². The summed E-state index contributed by atoms with van der Waals surface area (Å²) in [5.41, 5.74) is 1.06. The molecule has 2 rings (SSSR count). The monoisotopic (exact) mass is 284 g/mol. The van der Waals surface area contributed by atoms with Crippen LogP contribution in [0.3, 0.4) is 0 Å². The normalized spacial score (nSPS) is 23.1. The number of benzene rings is 1. The maximum atomic E-state index is 12.1. The maximum Gasteiger partial charge on any atom is 0.387 e. The van der Waals surface area contributed by atoms with Crippen molar-refractivity contribution in [1.82, 2.24) is 5.32 Å². The van der Waals surface area contributed by atoms with E-state index in [9.17, 15) is 8.78 Å². The zero-order chi connectivity index (χ0) is 14.5. The van der Waals surface area contributed by atoms with Crippen molar-refractivity contribution in [2.45, 2.75) is 32.9 Å². The number of halogens is 2. The Balaban J connectivity index is 1.95. The lowest BCUT2D eigenvalue weighted by atomic mass is 9.93. The van der Waals surface area contributed by atoms with Gasteiger partial charge in [0.05, 0.1) is 0 Å². The van der Waals surface area contributed by atoms with Gasteiger partial charge in [-0.25, -0.2) is 0 Å². The van der Waals surface area contributed by atoms with Crippen molar-refractivity contribution in [3.63, 3.8) is 0 Å². The first kappa shape index (κ1) is 15.0. The first-order chi connectivity index (χ1) is 9.60. The Kier molecular flexibility index (Phi) is 5.17. The summed E-state index contributed by atoms with van der Waals surface area (Å²) in [4.78, 5) is 2.30. The van der Waals surface area contributed by atoms with Crippen molar-refractivity contribution < 1.29 is 13.5 Å². The van der Waals surface area contributed by atoms with Gasteiger partial charge in [0, 0.05) is 24.8 Å². The van der Waals surface area contributed by atoms with E-state index in [0.29, 0.717) is 12.0 Å². The first-order valence-electron chi connectivity index (χ1n) is 7.13. The minimum absolute atomic E-state index is 0.208. The third-order valence-corrected chi connectivity index (χ3v) is 3.80. The second kappa shape index (κ2) is 6.88. The lowest BCUT2D eigenvalue weighted by Gasteiger charge is -2.38. The molecule has 1 fully saturated rings. The Morgan fingerprint density at radius 3 is 2.60 bits per heavy atom. The molecule has 1 aromatic rings. The Morgan fingerprint density at radius 1 is 1.35 bits per heavy atom. The van der Waals surface area contributed by atoms with Gasteiger partial charge in [0.2, 0.25) is 0 Å². The predicted octanol–water partition coefficient (Wildman–Crippen LogP) is 3.11. The van der Waals surface area contributed by atoms with Crippen LogP contribution in [0, 0.1) is 5.92 Å². The van der Waals surface area contributed by atoms with E-state index in [0.717, 1.165) is 31.7 Å². The Labute approximate surface area is 118 Å². The highest BCUT2D eigenvalue weighted by Crippen LogP contribution is 2.25. The average Bonchev–Trinajstić information content (AvgIpc) is 2.41. The summed E-state index contributed by atoms with van der Waals surface area (Å²) in [6.07, 6.45) is 1.10. The zero-order valence-corrected chi connectivity index (χ0v) is 12.0. The van der Waals surface area contributed by atoms with Crippen molar-refractivity contribution in [3.8, 4) is 5.75 Å². The number of anilines is 1. The van der Waals surface area contributed by atoms with E-state index in [4.69, 9.17) is 0 Å². The molecule has 1 aliphatic heterocycles. The van der Waals surface area contributed by atoms with Gasteiger partial charge >= 0.3 is 6.61 Å². The highest BCUT2D eigenvalue weighted by atomic mass is 19.3. The molecule has 0 radical (unpaired) electrons. The minimum Gasteiger partial charge on any atom is -0.435 e. The summed E-state index contributed by atoms with van der Waals surface area (Å²) in [5.74, 6) is 0.778. The fourth-order valence-corrected chi connectivity index (χ4v) is 2.78. The SMILES string of the molecule is CCNC1CCN(c2ccc(OC(F)F)cc2)CC1C. The van der Waals surface area contributed by atoms with E-state index in [2.05, 4.69) is 28.8 Å². The molecule has 1 aromatic carbocycles. The molecule has 1 N–H and O–H groups in total. The number of alkyl halides is 2. The molecule has 2 unspecified atom stereocenters. The second-order valence-electron chi connectivity index (χ2n) is 5.25. The fraction of sp³-hybridized carbons (Fsp3) is 0.600. The molecule has 2 atom stereocenters. The Bertz CT molecular complexity index is 411. The molecular formula is C15H22F2N2O. The highest BCUT2D eigenvalue weighted by Gasteiger charge is 2.25. The molecule has 0 amide bonds. The molecule has 112 valence electrons. The van der Waals surface area contributed by atoms with Crippen LogP contribution < -0.4 is 15.0 Å². The van der Waals surface area contributed by atoms with Crippen LogP contribution in [-0.4, -0.2) is 32.3 Å². The number of hydrogen-bond donors (Lipinski definition) is 1. The van der Waals surface area contributed by atoms with Gasteiger partial charge in [0.1, 0.15) is 5.75 Å². The molecule has 0 saturated carbocycles. The standard InChI is InChI=1S/C15H22F2N2O/c1-3-18-14-8-9-19(10-11(14)2)12-4-6-13(7-5-12)20-15(16)17/h4-7,11,14-15,18H,3,8-10H2,1-2H3. The van der Waals surface area contributed by atoms with Crippen LogP contribution in [0.1, 0.15) is 20.3 Å². The topological polar surface area (TPSA) is 24.5 Å². The van der Waals surface area contributed by atoms with Crippen LogP contribution in [0.4, 0.5) is 14.5 Å². The average molecular weight is 284 g/mol. The van der Waals surface area contributed by atoms with E-state index >= 15 is 0 Å². The van der Waals surface area contributed by atoms with Gasteiger partial charge in [0.25, 0.3) is 0 Å². The summed E-state index contributed by atoms with van der Waals surface area (Å²) >= 11 is 0. The molecular weight excluding hydrogens is 262 g/mol. The minimum atomic E-state index is -2.77. The molecule has 1 heterocycles. The summed E-state index contributed by atoms with van der Waals surface area (Å²) in [7, 11) is 0. The molecule has 0 spiro atoms. The smallest absolute Gasteiger partial charge is 0.387 e. The van der Waals surface area contributed by atoms with Gasteiger partial charge in [-0.15, -0.1) is 0 Å². The number of hydrogen-bond acceptors (Lipinski definition) is 3. The number of nitrogens with one attached hydrogen (secondary N) is 1. The molecule has 0 aliphatic carbocycles. The molecule has 3 nitrogen and oxygen atoms in total. The zero-order valence-electron chi connectivity index (χ0n) is 12.0. The Morgan fingerprint density at radius 2 is 2.05 bits per heavy atom. The van der Waals surface area contributed by atoms with E-state index in [1.807, 2.05) is 12.1 Å². The van der Waals surface area contributed by atoms with E-state index in [-0.39, 0.29) is 5.75 Å². The summed E-state index contributed by atoms with van der Waals surface area (Å²) in [6.45, 7) is 4.56. The van der Waals surface area contributed by atoms with E-state index in [1.165, 1.54) is 0 Å². The molecule has 1 aliphatic rings. The van der Waals surface area contributed by atoms with E-state index < -0.39 is 6.61 Å². The summed E-state index contributed by atoms with van der Waals surface area (Å²) < 4.78 is 28.6. The van der Waals surface area contributed by atoms with Crippen LogP contribution in [0.2, 0.25) is 0 Å². The largest absolute Gasteiger partial charge is 0.435 e. The molecule has 5 heteroatoms. The van der Waals surface area contributed by atoms with Gasteiger partial charge in [0.15, 0.2) is 0 Å². The maximum absolute atomic E-state index is 12.1. The van der Waals surface area contributed by atoms with Crippen molar-refractivity contribution in [1.29, 1.82) is 0 Å². The predicted molar refractivity (Wildman–Crippen MR) is 76.5 cm³/mol. The summed E-state index contributed by atoms with van der Waals surface area (Å²) in [6, 6.07) is 7.46. The highest BCUT2D eigenvalue weighted by molar-refractivity contribution is 5.49. The van der Waals surface area contributed by atoms with Crippen LogP contribution in [0.15, 0.2) is 24.3 Å². The fourth-order valence-electron chi connectivity index (χ4n) is 2.78. The number of ether oxygens (including phenoxy) is 1. The number of nitrogens with zero attached hydrogens (tertiary/aromatic N) is 1. The van der Waals surface area contributed by atoms with Gasteiger partial charge in [-0.2, -0.15) is 8.78 Å². The van der Waals surface area contributed by atoms with Crippen LogP contribution in [0.25, 0.3) is 0 Å². The third-order valence-electron chi connectivity index (χ3n) is 3.80. The second-order valence-corrected chi connectivity index (χ2v) is 5.25. The lowest BCUT2D eigenvalue weighted by molar-refractivity contribution is -0.0498. The summed E-state index contributed by atoms with van der Waals surface area (Å²) in [5, 5.41) is 3.51. The van der Waals surface area contributed by atoms with Crippen LogP contribution in [0.5, 0.6) is 5.75 Å². The quantitative estimate of drug-likeness (QED) is 0.899. The van der Waals surface area contributed by atoms with Crippen LogP contribution >= 0.6 is 0 Å². The number of piperidine rings is 1. The first-order valence-corrected chi connectivity index (χ1v) is 7.13. The molecule has 0 aromatic heterocycles. The van der Waals surface area contributed by atoms with Crippen molar-refractivity contribution in [3.05, 3.63) is 24.3 Å².